The molecule has 0 aliphatic heterocycles. The number of aryl methyl sites for hydroxylation is 1. The zero-order valence-electron chi connectivity index (χ0n) is 11.6. The van der Waals surface area contributed by atoms with Gasteiger partial charge in [0.15, 0.2) is 12.4 Å². The van der Waals surface area contributed by atoms with E-state index in [4.69, 9.17) is 23.2 Å². The summed E-state index contributed by atoms with van der Waals surface area (Å²) in [6, 6.07) is 11.1. The van der Waals surface area contributed by atoms with Crippen LogP contribution in [0.2, 0.25) is 10.0 Å². The summed E-state index contributed by atoms with van der Waals surface area (Å²) in [5.41, 5.74) is 0.489. The molecule has 1 amide bonds. The Morgan fingerprint density at radius 2 is 1.67 bits per heavy atom. The van der Waals surface area contributed by atoms with Gasteiger partial charge in [0.2, 0.25) is 5.91 Å². The van der Waals surface area contributed by atoms with E-state index in [9.17, 15) is 4.79 Å². The van der Waals surface area contributed by atoms with Crippen LogP contribution < -0.4 is 9.88 Å². The number of aromatic nitrogens is 1. The Labute approximate surface area is 134 Å². The Morgan fingerprint density at radius 3 is 2.33 bits per heavy atom. The number of nitrogens with one attached hydrogen (secondary N) is 1. The van der Waals surface area contributed by atoms with Crippen LogP contribution in [-0.4, -0.2) is 5.91 Å². The van der Waals surface area contributed by atoms with Crippen LogP contribution in [-0.2, 0) is 11.3 Å². The minimum absolute atomic E-state index is 0.0666. The lowest BCUT2D eigenvalue weighted by Gasteiger charge is -2.08. The second-order valence-corrected chi connectivity index (χ2v) is 5.53. The van der Waals surface area contributed by atoms with Crippen molar-refractivity contribution in [3.8, 4) is 0 Å². The van der Waals surface area contributed by atoms with Crippen molar-refractivity contribution in [2.75, 3.05) is 5.32 Å². The summed E-state index contributed by atoms with van der Waals surface area (Å²) in [6.07, 6.45) is 6.25. The van der Waals surface area contributed by atoms with E-state index in [1.165, 1.54) is 0 Å². The van der Waals surface area contributed by atoms with Gasteiger partial charge in [0.05, 0.1) is 15.7 Å². The number of amides is 1. The van der Waals surface area contributed by atoms with Crippen LogP contribution in [0, 0.1) is 0 Å². The van der Waals surface area contributed by atoms with Gasteiger partial charge in [-0.1, -0.05) is 35.3 Å². The van der Waals surface area contributed by atoms with Crippen LogP contribution in [0.1, 0.15) is 19.3 Å². The molecule has 0 fully saturated rings. The summed E-state index contributed by atoms with van der Waals surface area (Å²) in [6.45, 7) is 0.904. The molecule has 2 aromatic rings. The first-order chi connectivity index (χ1) is 10.2. The van der Waals surface area contributed by atoms with Crippen LogP contribution in [0.5, 0.6) is 0 Å². The largest absolute Gasteiger partial charge is 0.324 e. The number of carbonyl (C=O) groups is 1. The lowest BCUT2D eigenvalue weighted by Crippen LogP contribution is -2.32. The molecule has 0 aliphatic rings. The number of para-hydroxylation sites is 1. The van der Waals surface area contributed by atoms with E-state index in [-0.39, 0.29) is 5.91 Å². The fraction of sp³-hybridized carbons (Fsp3) is 0.250. The van der Waals surface area contributed by atoms with Gasteiger partial charge in [-0.3, -0.25) is 4.79 Å². The van der Waals surface area contributed by atoms with E-state index < -0.39 is 0 Å². The Hall–Kier alpha value is -1.58. The molecule has 0 atom stereocenters. The molecule has 0 saturated heterocycles. The van der Waals surface area contributed by atoms with Crippen molar-refractivity contribution in [1.29, 1.82) is 0 Å². The second-order valence-electron chi connectivity index (χ2n) is 4.72. The highest BCUT2D eigenvalue weighted by Crippen LogP contribution is 2.29. The van der Waals surface area contributed by atoms with Crippen molar-refractivity contribution in [2.45, 2.75) is 25.8 Å². The predicted octanol–water partition coefficient (Wildman–Crippen LogP) is 4.09. The number of hydrogen-bond donors (Lipinski definition) is 1. The predicted molar refractivity (Wildman–Crippen MR) is 85.6 cm³/mol. The van der Waals surface area contributed by atoms with Gasteiger partial charge in [-0.25, -0.2) is 4.57 Å². The number of nitrogens with zero attached hydrogens (tertiary/aromatic N) is 1. The summed E-state index contributed by atoms with van der Waals surface area (Å²) >= 11 is 12.0. The van der Waals surface area contributed by atoms with Crippen LogP contribution in [0.4, 0.5) is 5.69 Å². The Balaban J connectivity index is 1.75. The molecule has 21 heavy (non-hydrogen) atoms. The molecule has 1 aromatic heterocycles. The van der Waals surface area contributed by atoms with Crippen molar-refractivity contribution < 1.29 is 9.36 Å². The Morgan fingerprint density at radius 1 is 1.00 bits per heavy atom. The molecule has 0 radical (unpaired) electrons. The molecule has 110 valence electrons. The van der Waals surface area contributed by atoms with Crippen molar-refractivity contribution in [3.05, 3.63) is 58.8 Å². The topological polar surface area (TPSA) is 33.0 Å². The highest BCUT2D eigenvalue weighted by atomic mass is 35.5. The van der Waals surface area contributed by atoms with Crippen LogP contribution in [0.3, 0.4) is 0 Å². The van der Waals surface area contributed by atoms with Gasteiger partial charge in [0.25, 0.3) is 0 Å². The quantitative estimate of drug-likeness (QED) is 0.630. The summed E-state index contributed by atoms with van der Waals surface area (Å²) < 4.78 is 2.10. The Kier molecular flexibility index (Phi) is 6.03. The molecule has 0 bridgehead atoms. The lowest BCUT2D eigenvalue weighted by atomic mass is 10.2. The minimum atomic E-state index is -0.0666. The van der Waals surface area contributed by atoms with E-state index in [1.54, 1.807) is 18.2 Å². The first kappa shape index (κ1) is 15.8. The normalized spacial score (nSPS) is 10.4. The van der Waals surface area contributed by atoms with E-state index in [0.717, 1.165) is 19.4 Å². The summed E-state index contributed by atoms with van der Waals surface area (Å²) in [7, 11) is 0. The number of halogens is 2. The average molecular weight is 324 g/mol. The van der Waals surface area contributed by atoms with Crippen molar-refractivity contribution in [2.24, 2.45) is 0 Å². The molecule has 0 saturated carbocycles. The number of rotatable bonds is 6. The third kappa shape index (κ3) is 5.03. The maximum absolute atomic E-state index is 11.9. The standard InChI is InChI=1S/C16H16Cl2N2O/c17-13-7-6-8-14(18)16(13)19-15(21)9-2-5-12-20-10-3-1-4-11-20/h1,3-4,6-8,10-11H,2,5,9,12H2/p+1. The van der Waals surface area contributed by atoms with Crippen molar-refractivity contribution in [1.82, 2.24) is 0 Å². The monoisotopic (exact) mass is 323 g/mol. The molecular weight excluding hydrogens is 307 g/mol. The number of pyridine rings is 1. The lowest BCUT2D eigenvalue weighted by molar-refractivity contribution is -0.697. The molecular formula is C16H17Cl2N2O+. The maximum Gasteiger partial charge on any atom is 0.224 e. The molecule has 1 N–H and O–H groups in total. The fourth-order valence-corrected chi connectivity index (χ4v) is 2.47. The first-order valence-corrected chi connectivity index (χ1v) is 7.60. The highest BCUT2D eigenvalue weighted by molar-refractivity contribution is 6.39. The zero-order chi connectivity index (χ0) is 15.1. The van der Waals surface area contributed by atoms with Crippen LogP contribution in [0.25, 0.3) is 0 Å². The number of benzene rings is 1. The van der Waals surface area contributed by atoms with E-state index >= 15 is 0 Å². The fourth-order valence-electron chi connectivity index (χ4n) is 1.98. The molecule has 1 aromatic carbocycles. The summed E-state index contributed by atoms with van der Waals surface area (Å²) in [5.74, 6) is -0.0666. The van der Waals surface area contributed by atoms with Crippen LogP contribution in [0.15, 0.2) is 48.8 Å². The van der Waals surface area contributed by atoms with Gasteiger partial charge in [-0.2, -0.15) is 0 Å². The van der Waals surface area contributed by atoms with Crippen molar-refractivity contribution >= 4 is 34.8 Å². The van der Waals surface area contributed by atoms with Gasteiger partial charge in [0.1, 0.15) is 6.54 Å². The Bertz CT molecular complexity index is 582. The van der Waals surface area contributed by atoms with Gasteiger partial charge in [-0.05, 0) is 18.6 Å². The molecule has 0 aliphatic carbocycles. The first-order valence-electron chi connectivity index (χ1n) is 6.85. The van der Waals surface area contributed by atoms with E-state index in [1.807, 2.05) is 30.6 Å². The molecule has 2 rings (SSSR count). The molecule has 1 heterocycles. The van der Waals surface area contributed by atoms with E-state index in [0.29, 0.717) is 22.2 Å². The second kappa shape index (κ2) is 8.01. The smallest absolute Gasteiger partial charge is 0.224 e. The number of hydrogen-bond acceptors (Lipinski definition) is 1. The third-order valence-electron chi connectivity index (χ3n) is 3.07. The summed E-state index contributed by atoms with van der Waals surface area (Å²) in [5, 5.41) is 3.68. The van der Waals surface area contributed by atoms with Gasteiger partial charge in [-0.15, -0.1) is 0 Å². The molecule has 0 unspecified atom stereocenters. The SMILES string of the molecule is O=C(CCCC[n+]1ccccc1)Nc1c(Cl)cccc1Cl. The highest BCUT2D eigenvalue weighted by Gasteiger charge is 2.09. The molecule has 5 heteroatoms. The number of anilines is 1. The maximum atomic E-state index is 11.9. The number of unbranched alkanes of at least 4 members (excludes halogenated alkanes) is 1. The minimum Gasteiger partial charge on any atom is -0.324 e. The number of carbonyl (C=O) groups excluding carboxylic acids is 1. The molecule has 3 nitrogen and oxygen atoms in total. The third-order valence-corrected chi connectivity index (χ3v) is 3.70. The van der Waals surface area contributed by atoms with Gasteiger partial charge in [0, 0.05) is 25.0 Å². The van der Waals surface area contributed by atoms with Crippen LogP contribution >= 0.6 is 23.2 Å². The zero-order valence-corrected chi connectivity index (χ0v) is 13.1. The summed E-state index contributed by atoms with van der Waals surface area (Å²) in [4.78, 5) is 11.9. The van der Waals surface area contributed by atoms with Crippen molar-refractivity contribution in [3.63, 3.8) is 0 Å². The van der Waals surface area contributed by atoms with E-state index in [2.05, 4.69) is 9.88 Å². The average Bonchev–Trinajstić information content (AvgIpc) is 2.49. The van der Waals surface area contributed by atoms with Gasteiger partial charge >= 0.3 is 0 Å². The van der Waals surface area contributed by atoms with Gasteiger partial charge < -0.3 is 5.32 Å². The molecule has 0 spiro atoms.